The lowest BCUT2D eigenvalue weighted by Gasteiger charge is -2.41. The smallest absolute Gasteiger partial charge is 0.394 e. The van der Waals surface area contributed by atoms with Gasteiger partial charge in [-0.05, 0) is 61.2 Å². The van der Waals surface area contributed by atoms with Crippen LogP contribution < -0.4 is 10.1 Å². The van der Waals surface area contributed by atoms with Gasteiger partial charge in [-0.15, -0.1) is 0 Å². The van der Waals surface area contributed by atoms with E-state index in [0.29, 0.717) is 18.7 Å². The van der Waals surface area contributed by atoms with Gasteiger partial charge in [0.2, 0.25) is 0 Å². The number of halogens is 1. The van der Waals surface area contributed by atoms with Crippen molar-refractivity contribution >= 4 is 35.1 Å². The molecule has 1 atom stereocenters. The molecule has 1 aliphatic rings. The highest BCUT2D eigenvalue weighted by molar-refractivity contribution is 6.37. The summed E-state index contributed by atoms with van der Waals surface area (Å²) < 4.78 is 5.95. The van der Waals surface area contributed by atoms with Crippen molar-refractivity contribution in [3.8, 4) is 17.2 Å². The highest BCUT2D eigenvalue weighted by Gasteiger charge is 2.35. The minimum Gasteiger partial charge on any atom is -0.507 e. The Bertz CT molecular complexity index is 1340. The number of aliphatic carboxylic acids is 1. The first-order chi connectivity index (χ1) is 17.6. The van der Waals surface area contributed by atoms with Crippen LogP contribution in [0.15, 0.2) is 60.7 Å². The van der Waals surface area contributed by atoms with E-state index in [2.05, 4.69) is 24.4 Å². The molecule has 3 aromatic carbocycles. The summed E-state index contributed by atoms with van der Waals surface area (Å²) in [6.07, 6.45) is 1.80. The fourth-order valence-electron chi connectivity index (χ4n) is 4.64. The van der Waals surface area contributed by atoms with Crippen LogP contribution >= 0.6 is 11.6 Å². The van der Waals surface area contributed by atoms with E-state index in [1.54, 1.807) is 11.8 Å². The number of rotatable bonds is 5. The van der Waals surface area contributed by atoms with Gasteiger partial charge in [-0.1, -0.05) is 48.9 Å². The average molecular weight is 523 g/mol. The van der Waals surface area contributed by atoms with E-state index in [1.165, 1.54) is 35.9 Å². The summed E-state index contributed by atoms with van der Waals surface area (Å²) >= 11 is 6.34. The zero-order chi connectivity index (χ0) is 26.7. The van der Waals surface area contributed by atoms with Crippen molar-refractivity contribution in [1.82, 2.24) is 4.90 Å². The third-order valence-electron chi connectivity index (χ3n) is 6.55. The fraction of sp³-hybridized carbons (Fsp3) is 0.250. The summed E-state index contributed by atoms with van der Waals surface area (Å²) in [4.78, 5) is 37.5. The van der Waals surface area contributed by atoms with Gasteiger partial charge in [0.25, 0.3) is 5.91 Å². The molecule has 1 fully saturated rings. The molecule has 0 bridgehead atoms. The Labute approximate surface area is 219 Å². The third kappa shape index (κ3) is 5.70. The first-order valence-corrected chi connectivity index (χ1v) is 12.2. The lowest BCUT2D eigenvalue weighted by molar-refractivity contribution is -0.147. The molecule has 0 aromatic heterocycles. The van der Waals surface area contributed by atoms with E-state index in [4.69, 9.17) is 21.4 Å². The average Bonchev–Trinajstić information content (AvgIpc) is 2.87. The topological polar surface area (TPSA) is 116 Å². The van der Waals surface area contributed by atoms with Crippen LogP contribution in [0.1, 0.15) is 41.3 Å². The Morgan fingerprint density at radius 1 is 1.08 bits per heavy atom. The molecule has 192 valence electrons. The van der Waals surface area contributed by atoms with Crippen LogP contribution in [0.2, 0.25) is 5.02 Å². The maximum absolute atomic E-state index is 13.5. The summed E-state index contributed by atoms with van der Waals surface area (Å²) in [5.41, 5.74) is 1.83. The monoisotopic (exact) mass is 522 g/mol. The molecule has 1 unspecified atom stereocenters. The second-order valence-electron chi connectivity index (χ2n) is 9.40. The second-order valence-corrected chi connectivity index (χ2v) is 9.81. The van der Waals surface area contributed by atoms with Gasteiger partial charge in [0.05, 0.1) is 10.6 Å². The van der Waals surface area contributed by atoms with Crippen molar-refractivity contribution in [3.05, 3.63) is 82.4 Å². The van der Waals surface area contributed by atoms with Crippen molar-refractivity contribution in [3.63, 3.8) is 0 Å². The Hall–Kier alpha value is -4.04. The number of phenols is 1. The van der Waals surface area contributed by atoms with Gasteiger partial charge in [0, 0.05) is 24.2 Å². The predicted octanol–water partition coefficient (Wildman–Crippen LogP) is 5.36. The van der Waals surface area contributed by atoms with E-state index in [0.717, 1.165) is 12.8 Å². The summed E-state index contributed by atoms with van der Waals surface area (Å²) in [6.45, 7) is 4.94. The minimum absolute atomic E-state index is 0.119. The third-order valence-corrected chi connectivity index (χ3v) is 6.83. The Morgan fingerprint density at radius 2 is 1.81 bits per heavy atom. The largest absolute Gasteiger partial charge is 0.507 e. The van der Waals surface area contributed by atoms with Gasteiger partial charge < -0.3 is 25.2 Å². The number of piperidine rings is 1. The molecule has 3 aromatic rings. The number of nitrogens with zero attached hydrogens (tertiary/aromatic N) is 1. The number of aromatic hydroxyl groups is 1. The summed E-state index contributed by atoms with van der Waals surface area (Å²) in [5, 5.41) is 21.7. The molecule has 2 amide bonds. The highest BCUT2D eigenvalue weighted by atomic mass is 35.5. The normalized spacial score (nSPS) is 17.2. The Balaban J connectivity index is 1.55. The molecule has 1 heterocycles. The molecule has 4 rings (SSSR count). The van der Waals surface area contributed by atoms with E-state index < -0.39 is 11.9 Å². The summed E-state index contributed by atoms with van der Waals surface area (Å²) in [6, 6.07) is 17.4. The number of amides is 2. The molecule has 3 N–H and O–H groups in total. The number of hydrogen-bond donors (Lipinski definition) is 3. The predicted molar refractivity (Wildman–Crippen MR) is 140 cm³/mol. The SMILES string of the molecule is Cc1cc(NC(=O)C(=O)O)cc(Cl)c1Oc1ccc(O)c(C(=O)N2CCCC(C)(c3ccccc3)C2)c1. The van der Waals surface area contributed by atoms with Crippen molar-refractivity contribution in [2.24, 2.45) is 0 Å². The Kier molecular flexibility index (Phi) is 7.40. The quantitative estimate of drug-likeness (QED) is 0.388. The van der Waals surface area contributed by atoms with Gasteiger partial charge in [-0.3, -0.25) is 9.59 Å². The van der Waals surface area contributed by atoms with Gasteiger partial charge in [0.15, 0.2) is 0 Å². The zero-order valence-electron chi connectivity index (χ0n) is 20.5. The number of benzene rings is 3. The number of carboxylic acid groups (broad SMARTS) is 1. The van der Waals surface area contributed by atoms with E-state index in [9.17, 15) is 19.5 Å². The maximum Gasteiger partial charge on any atom is 0.394 e. The number of carboxylic acids is 1. The van der Waals surface area contributed by atoms with Crippen LogP contribution in [0, 0.1) is 6.92 Å². The summed E-state index contributed by atoms with van der Waals surface area (Å²) in [7, 11) is 0. The van der Waals surface area contributed by atoms with Crippen LogP contribution in [0.5, 0.6) is 17.2 Å². The number of nitrogens with one attached hydrogen (secondary N) is 1. The van der Waals surface area contributed by atoms with Crippen molar-refractivity contribution < 1.29 is 29.3 Å². The number of carbonyl (C=O) groups is 3. The second kappa shape index (κ2) is 10.5. The number of carbonyl (C=O) groups excluding carboxylic acids is 2. The van der Waals surface area contributed by atoms with Gasteiger partial charge in [-0.2, -0.15) is 0 Å². The minimum atomic E-state index is -1.62. The lowest BCUT2D eigenvalue weighted by Crippen LogP contribution is -2.47. The molecular weight excluding hydrogens is 496 g/mol. The molecule has 0 spiro atoms. The van der Waals surface area contributed by atoms with Crippen LogP contribution in [0.25, 0.3) is 0 Å². The molecule has 9 heteroatoms. The molecule has 8 nitrogen and oxygen atoms in total. The Morgan fingerprint density at radius 3 is 2.49 bits per heavy atom. The van der Waals surface area contributed by atoms with E-state index in [-0.39, 0.29) is 44.8 Å². The first kappa shape index (κ1) is 26.0. The van der Waals surface area contributed by atoms with Gasteiger partial charge in [0.1, 0.15) is 17.2 Å². The molecule has 0 aliphatic carbocycles. The molecule has 1 aliphatic heterocycles. The molecule has 1 saturated heterocycles. The van der Waals surface area contributed by atoms with Crippen LogP contribution in [0.3, 0.4) is 0 Å². The fourth-order valence-corrected chi connectivity index (χ4v) is 4.95. The van der Waals surface area contributed by atoms with Crippen LogP contribution in [0.4, 0.5) is 5.69 Å². The highest BCUT2D eigenvalue weighted by Crippen LogP contribution is 2.38. The molecule has 0 radical (unpaired) electrons. The lowest BCUT2D eigenvalue weighted by atomic mass is 9.76. The first-order valence-electron chi connectivity index (χ1n) is 11.8. The van der Waals surface area contributed by atoms with Crippen molar-refractivity contribution in [2.75, 3.05) is 18.4 Å². The van der Waals surface area contributed by atoms with Gasteiger partial charge in [-0.25, -0.2) is 4.79 Å². The van der Waals surface area contributed by atoms with E-state index >= 15 is 0 Å². The zero-order valence-corrected chi connectivity index (χ0v) is 21.2. The van der Waals surface area contributed by atoms with Crippen molar-refractivity contribution in [1.29, 1.82) is 0 Å². The number of phenolic OH excluding ortho intramolecular Hbond substituents is 1. The number of likely N-dealkylation sites (tertiary alicyclic amines) is 1. The summed E-state index contributed by atoms with van der Waals surface area (Å²) in [5.74, 6) is -2.69. The number of aryl methyl sites for hydroxylation is 1. The van der Waals surface area contributed by atoms with Crippen molar-refractivity contribution in [2.45, 2.75) is 32.1 Å². The van der Waals surface area contributed by atoms with Gasteiger partial charge >= 0.3 is 11.9 Å². The number of anilines is 1. The molecule has 0 saturated carbocycles. The molecule has 37 heavy (non-hydrogen) atoms. The van der Waals surface area contributed by atoms with Crippen LogP contribution in [-0.4, -0.2) is 46.0 Å². The maximum atomic E-state index is 13.5. The standard InChI is InChI=1S/C28H27ClN2O6/c1-17-13-19(30-25(33)27(35)36)14-22(29)24(17)37-20-9-10-23(32)21(15-20)26(34)31-12-6-11-28(2,16-31)18-7-4-3-5-8-18/h3-5,7-10,13-15,32H,6,11-12,16H2,1-2H3,(H,30,33)(H,35,36). The van der Waals surface area contributed by atoms with Crippen LogP contribution in [-0.2, 0) is 15.0 Å². The molecular formula is C28H27ClN2O6. The number of hydrogen-bond acceptors (Lipinski definition) is 5. The van der Waals surface area contributed by atoms with E-state index in [1.807, 2.05) is 18.2 Å². The number of ether oxygens (including phenoxy) is 1.